The molecule has 1 saturated carbocycles. The first-order chi connectivity index (χ1) is 8.69. The number of nitrogens with zero attached hydrogens (tertiary/aromatic N) is 1. The quantitative estimate of drug-likeness (QED) is 0.913. The van der Waals surface area contributed by atoms with E-state index in [0.29, 0.717) is 17.2 Å². The van der Waals surface area contributed by atoms with Crippen molar-refractivity contribution in [1.29, 1.82) is 5.26 Å². The zero-order valence-electron chi connectivity index (χ0n) is 10.2. The SMILES string of the molecule is N#Cc1ccc(COC2CCCC(N)C2)c(Cl)c1. The van der Waals surface area contributed by atoms with Gasteiger partial charge in [-0.05, 0) is 43.4 Å². The molecule has 2 rings (SSSR count). The van der Waals surface area contributed by atoms with E-state index in [1.807, 2.05) is 6.07 Å². The number of hydrogen-bond donors (Lipinski definition) is 1. The molecule has 2 N–H and O–H groups in total. The van der Waals surface area contributed by atoms with Gasteiger partial charge < -0.3 is 10.5 Å². The molecule has 2 unspecified atom stereocenters. The summed E-state index contributed by atoms with van der Waals surface area (Å²) in [5.74, 6) is 0. The number of hydrogen-bond acceptors (Lipinski definition) is 3. The average molecular weight is 265 g/mol. The van der Waals surface area contributed by atoms with Crippen LogP contribution in [0.15, 0.2) is 18.2 Å². The van der Waals surface area contributed by atoms with Gasteiger partial charge in [0.2, 0.25) is 0 Å². The minimum atomic E-state index is 0.237. The number of halogens is 1. The third-order valence-corrected chi connectivity index (χ3v) is 3.68. The van der Waals surface area contributed by atoms with Crippen LogP contribution in [0, 0.1) is 11.3 Å². The Hall–Kier alpha value is -1.08. The Bertz CT molecular complexity index is 456. The van der Waals surface area contributed by atoms with E-state index in [1.54, 1.807) is 12.1 Å². The van der Waals surface area contributed by atoms with Gasteiger partial charge in [-0.3, -0.25) is 0 Å². The van der Waals surface area contributed by atoms with Crippen LogP contribution in [0.4, 0.5) is 0 Å². The van der Waals surface area contributed by atoms with Gasteiger partial charge in [-0.25, -0.2) is 0 Å². The highest BCUT2D eigenvalue weighted by Gasteiger charge is 2.19. The Labute approximate surface area is 112 Å². The molecule has 0 aliphatic heterocycles. The number of ether oxygens (including phenoxy) is 1. The van der Waals surface area contributed by atoms with Crippen LogP contribution < -0.4 is 5.73 Å². The lowest BCUT2D eigenvalue weighted by atomic mass is 9.93. The summed E-state index contributed by atoms with van der Waals surface area (Å²) in [5, 5.41) is 9.35. The summed E-state index contributed by atoms with van der Waals surface area (Å²) >= 11 is 6.10. The zero-order valence-corrected chi connectivity index (χ0v) is 11.0. The molecule has 0 spiro atoms. The van der Waals surface area contributed by atoms with Crippen LogP contribution in [0.3, 0.4) is 0 Å². The molecule has 1 aromatic carbocycles. The molecule has 0 heterocycles. The fourth-order valence-corrected chi connectivity index (χ4v) is 2.51. The van der Waals surface area contributed by atoms with Crippen molar-refractivity contribution in [3.63, 3.8) is 0 Å². The number of benzene rings is 1. The van der Waals surface area contributed by atoms with Crippen molar-refractivity contribution < 1.29 is 4.74 Å². The number of rotatable bonds is 3. The first kappa shape index (κ1) is 13.4. The van der Waals surface area contributed by atoms with Crippen molar-refractivity contribution in [3.05, 3.63) is 34.3 Å². The highest BCUT2D eigenvalue weighted by molar-refractivity contribution is 6.31. The van der Waals surface area contributed by atoms with Gasteiger partial charge in [0.1, 0.15) is 0 Å². The van der Waals surface area contributed by atoms with Crippen LogP contribution in [0.2, 0.25) is 5.02 Å². The third-order valence-electron chi connectivity index (χ3n) is 3.32. The molecule has 96 valence electrons. The molecule has 18 heavy (non-hydrogen) atoms. The number of nitrogens with two attached hydrogens (primary N) is 1. The lowest BCUT2D eigenvalue weighted by Crippen LogP contribution is -2.32. The summed E-state index contributed by atoms with van der Waals surface area (Å²) in [6, 6.07) is 7.61. The maximum atomic E-state index is 8.76. The summed E-state index contributed by atoms with van der Waals surface area (Å²) in [4.78, 5) is 0. The first-order valence-corrected chi connectivity index (χ1v) is 6.62. The van der Waals surface area contributed by atoms with Crippen LogP contribution in [-0.4, -0.2) is 12.1 Å². The van der Waals surface area contributed by atoms with Crippen molar-refractivity contribution >= 4 is 11.6 Å². The molecule has 0 aromatic heterocycles. The Morgan fingerprint density at radius 3 is 2.94 bits per heavy atom. The van der Waals surface area contributed by atoms with Gasteiger partial charge in [-0.1, -0.05) is 17.7 Å². The predicted octanol–water partition coefficient (Wildman–Crippen LogP) is 3.00. The van der Waals surface area contributed by atoms with Gasteiger partial charge in [0.15, 0.2) is 0 Å². The summed E-state index contributed by atoms with van der Waals surface area (Å²) in [6.45, 7) is 0.488. The predicted molar refractivity (Wildman–Crippen MR) is 71.2 cm³/mol. The molecular formula is C14H17ClN2O. The number of nitriles is 1. The summed E-state index contributed by atoms with van der Waals surface area (Å²) in [7, 11) is 0. The summed E-state index contributed by atoms with van der Waals surface area (Å²) < 4.78 is 5.85. The van der Waals surface area contributed by atoms with E-state index in [0.717, 1.165) is 31.2 Å². The molecule has 4 heteroatoms. The minimum absolute atomic E-state index is 0.237. The largest absolute Gasteiger partial charge is 0.373 e. The monoisotopic (exact) mass is 264 g/mol. The van der Waals surface area contributed by atoms with E-state index in [9.17, 15) is 0 Å². The Balaban J connectivity index is 1.92. The van der Waals surface area contributed by atoms with E-state index >= 15 is 0 Å². The molecule has 2 atom stereocenters. The highest BCUT2D eigenvalue weighted by Crippen LogP contribution is 2.23. The van der Waals surface area contributed by atoms with Gasteiger partial charge in [-0.15, -0.1) is 0 Å². The van der Waals surface area contributed by atoms with Gasteiger partial charge in [0.25, 0.3) is 0 Å². The third kappa shape index (κ3) is 3.46. The van der Waals surface area contributed by atoms with Crippen LogP contribution >= 0.6 is 11.6 Å². The molecule has 1 aliphatic carbocycles. The van der Waals surface area contributed by atoms with E-state index in [4.69, 9.17) is 27.3 Å². The van der Waals surface area contributed by atoms with Gasteiger partial charge in [0, 0.05) is 11.1 Å². The standard InChI is InChI=1S/C14H17ClN2O/c15-14-6-10(8-16)4-5-11(14)9-18-13-3-1-2-12(17)7-13/h4-6,12-13H,1-3,7,9,17H2. The van der Waals surface area contributed by atoms with Crippen LogP contribution in [0.25, 0.3) is 0 Å². The molecule has 3 nitrogen and oxygen atoms in total. The molecule has 1 aromatic rings. The first-order valence-electron chi connectivity index (χ1n) is 6.24. The summed E-state index contributed by atoms with van der Waals surface area (Å²) in [5.41, 5.74) is 7.42. The van der Waals surface area contributed by atoms with Crippen molar-refractivity contribution in [3.8, 4) is 6.07 Å². The highest BCUT2D eigenvalue weighted by atomic mass is 35.5. The fourth-order valence-electron chi connectivity index (χ4n) is 2.27. The molecular weight excluding hydrogens is 248 g/mol. The van der Waals surface area contributed by atoms with E-state index in [-0.39, 0.29) is 12.1 Å². The Morgan fingerprint density at radius 1 is 1.44 bits per heavy atom. The Kier molecular flexibility index (Phi) is 4.60. The van der Waals surface area contributed by atoms with Crippen molar-refractivity contribution in [2.75, 3.05) is 0 Å². The average Bonchev–Trinajstić information content (AvgIpc) is 2.37. The van der Waals surface area contributed by atoms with Crippen LogP contribution in [-0.2, 0) is 11.3 Å². The molecule has 0 saturated heterocycles. The Morgan fingerprint density at radius 2 is 2.28 bits per heavy atom. The topological polar surface area (TPSA) is 59.0 Å². The van der Waals surface area contributed by atoms with E-state index in [1.165, 1.54) is 0 Å². The van der Waals surface area contributed by atoms with Gasteiger partial charge in [0.05, 0.1) is 24.3 Å². The van der Waals surface area contributed by atoms with E-state index in [2.05, 4.69) is 6.07 Å². The molecule has 0 radical (unpaired) electrons. The normalized spacial score (nSPS) is 23.6. The smallest absolute Gasteiger partial charge is 0.0992 e. The second-order valence-corrected chi connectivity index (χ2v) is 5.18. The lowest BCUT2D eigenvalue weighted by molar-refractivity contribution is 0.0123. The minimum Gasteiger partial charge on any atom is -0.373 e. The molecule has 0 amide bonds. The fraction of sp³-hybridized carbons (Fsp3) is 0.500. The van der Waals surface area contributed by atoms with Gasteiger partial charge >= 0.3 is 0 Å². The van der Waals surface area contributed by atoms with Crippen LogP contribution in [0.5, 0.6) is 0 Å². The summed E-state index contributed by atoms with van der Waals surface area (Å²) in [6.07, 6.45) is 4.46. The van der Waals surface area contributed by atoms with Crippen LogP contribution in [0.1, 0.15) is 36.8 Å². The zero-order chi connectivity index (χ0) is 13.0. The van der Waals surface area contributed by atoms with Crippen molar-refractivity contribution in [2.45, 2.75) is 44.4 Å². The second-order valence-electron chi connectivity index (χ2n) is 4.78. The van der Waals surface area contributed by atoms with E-state index < -0.39 is 0 Å². The van der Waals surface area contributed by atoms with Crippen molar-refractivity contribution in [1.82, 2.24) is 0 Å². The van der Waals surface area contributed by atoms with Crippen molar-refractivity contribution in [2.24, 2.45) is 5.73 Å². The lowest BCUT2D eigenvalue weighted by Gasteiger charge is -2.26. The maximum Gasteiger partial charge on any atom is 0.0992 e. The molecule has 1 fully saturated rings. The molecule has 0 bridgehead atoms. The van der Waals surface area contributed by atoms with Gasteiger partial charge in [-0.2, -0.15) is 5.26 Å². The second kappa shape index (κ2) is 6.19. The maximum absolute atomic E-state index is 8.76. The molecule has 1 aliphatic rings.